The zero-order valence-electron chi connectivity index (χ0n) is 10.8. The zero-order chi connectivity index (χ0) is 12.3. The largest absolute Gasteiger partial charge is 0.353 e. The van der Waals surface area contributed by atoms with E-state index in [1.54, 1.807) is 0 Å². The quantitative estimate of drug-likeness (QED) is 0.761. The highest BCUT2D eigenvalue weighted by Crippen LogP contribution is 2.29. The smallest absolute Gasteiger partial charge is 0.227 e. The minimum Gasteiger partial charge on any atom is -0.353 e. The van der Waals surface area contributed by atoms with Crippen LogP contribution in [-0.2, 0) is 4.79 Å². The van der Waals surface area contributed by atoms with Crippen molar-refractivity contribution in [2.75, 3.05) is 5.88 Å². The van der Waals surface area contributed by atoms with E-state index in [2.05, 4.69) is 19.2 Å². The number of nitrogens with one attached hydrogen (secondary N) is 1. The number of carbonyl (C=O) groups is 1. The van der Waals surface area contributed by atoms with Crippen molar-refractivity contribution in [2.45, 2.75) is 53.0 Å². The Labute approximate surface area is 104 Å². The summed E-state index contributed by atoms with van der Waals surface area (Å²) >= 11 is 5.80. The van der Waals surface area contributed by atoms with Crippen LogP contribution < -0.4 is 5.32 Å². The van der Waals surface area contributed by atoms with Crippen LogP contribution in [0.3, 0.4) is 0 Å². The number of carbonyl (C=O) groups excluding carboxylic acids is 1. The fraction of sp³-hybridized carbons (Fsp3) is 0.923. The number of hydrogen-bond acceptors (Lipinski definition) is 1. The van der Waals surface area contributed by atoms with E-state index >= 15 is 0 Å². The Bertz CT molecular complexity index is 252. The lowest BCUT2D eigenvalue weighted by Gasteiger charge is -2.35. The topological polar surface area (TPSA) is 29.1 Å². The molecule has 1 aliphatic rings. The molecule has 0 saturated heterocycles. The van der Waals surface area contributed by atoms with E-state index in [9.17, 15) is 4.79 Å². The highest BCUT2D eigenvalue weighted by molar-refractivity contribution is 6.19. The van der Waals surface area contributed by atoms with Crippen LogP contribution in [0, 0.1) is 17.3 Å². The first kappa shape index (κ1) is 13.8. The van der Waals surface area contributed by atoms with Crippen LogP contribution >= 0.6 is 11.6 Å². The highest BCUT2D eigenvalue weighted by Gasteiger charge is 2.32. The van der Waals surface area contributed by atoms with Gasteiger partial charge in [0.25, 0.3) is 0 Å². The molecule has 1 amide bonds. The minimum atomic E-state index is -0.454. The van der Waals surface area contributed by atoms with Gasteiger partial charge in [-0.1, -0.05) is 13.8 Å². The molecule has 1 saturated carbocycles. The Morgan fingerprint density at radius 1 is 1.38 bits per heavy atom. The van der Waals surface area contributed by atoms with Gasteiger partial charge in [0.1, 0.15) is 0 Å². The second-order valence-corrected chi connectivity index (χ2v) is 6.26. The van der Waals surface area contributed by atoms with Gasteiger partial charge in [-0.3, -0.25) is 4.79 Å². The van der Waals surface area contributed by atoms with Gasteiger partial charge in [-0.2, -0.15) is 0 Å². The van der Waals surface area contributed by atoms with Crippen LogP contribution in [0.1, 0.15) is 47.0 Å². The summed E-state index contributed by atoms with van der Waals surface area (Å²) in [6.45, 7) is 8.31. The molecule has 0 aromatic rings. The van der Waals surface area contributed by atoms with Crippen LogP contribution in [-0.4, -0.2) is 17.8 Å². The Kier molecular flexibility index (Phi) is 4.66. The minimum absolute atomic E-state index is 0.0916. The molecule has 1 rings (SSSR count). The number of hydrogen-bond donors (Lipinski definition) is 1. The van der Waals surface area contributed by atoms with E-state index in [1.165, 1.54) is 12.8 Å². The monoisotopic (exact) mass is 245 g/mol. The third-order valence-electron chi connectivity index (χ3n) is 3.70. The van der Waals surface area contributed by atoms with E-state index in [0.717, 1.165) is 12.3 Å². The van der Waals surface area contributed by atoms with Crippen molar-refractivity contribution in [1.29, 1.82) is 0 Å². The van der Waals surface area contributed by atoms with Gasteiger partial charge in [0.05, 0.1) is 5.41 Å². The molecule has 1 fully saturated rings. The molecule has 2 nitrogen and oxygen atoms in total. The normalized spacial score (nSPS) is 31.2. The van der Waals surface area contributed by atoms with Crippen LogP contribution in [0.5, 0.6) is 0 Å². The second-order valence-electron chi connectivity index (χ2n) is 5.99. The van der Waals surface area contributed by atoms with Gasteiger partial charge in [0.2, 0.25) is 5.91 Å². The highest BCUT2D eigenvalue weighted by atomic mass is 35.5. The van der Waals surface area contributed by atoms with Gasteiger partial charge in [-0.05, 0) is 44.9 Å². The lowest BCUT2D eigenvalue weighted by Crippen LogP contribution is -2.48. The lowest BCUT2D eigenvalue weighted by molar-refractivity contribution is -0.129. The summed E-state index contributed by atoms with van der Waals surface area (Å²) in [5.41, 5.74) is -0.454. The molecule has 0 radical (unpaired) electrons. The molecule has 1 aliphatic carbocycles. The fourth-order valence-electron chi connectivity index (χ4n) is 2.30. The molecule has 0 spiro atoms. The Morgan fingerprint density at radius 3 is 2.50 bits per heavy atom. The number of alkyl halides is 1. The molecular formula is C13H24ClNO. The Morgan fingerprint density at radius 2 is 2.00 bits per heavy atom. The first-order chi connectivity index (χ1) is 7.36. The van der Waals surface area contributed by atoms with Gasteiger partial charge in [-0.15, -0.1) is 11.6 Å². The molecule has 94 valence electrons. The molecule has 1 N–H and O–H groups in total. The summed E-state index contributed by atoms with van der Waals surface area (Å²) in [6, 6.07) is 0.339. The van der Waals surface area contributed by atoms with E-state index < -0.39 is 5.41 Å². The van der Waals surface area contributed by atoms with Crippen LogP contribution in [0.25, 0.3) is 0 Å². The maximum absolute atomic E-state index is 12.0. The maximum atomic E-state index is 12.0. The van der Waals surface area contributed by atoms with Gasteiger partial charge >= 0.3 is 0 Å². The molecule has 16 heavy (non-hydrogen) atoms. The molecule has 0 heterocycles. The summed E-state index contributed by atoms with van der Waals surface area (Å²) in [5, 5.41) is 3.16. The van der Waals surface area contributed by atoms with Crippen molar-refractivity contribution in [3.05, 3.63) is 0 Å². The van der Waals surface area contributed by atoms with Gasteiger partial charge < -0.3 is 5.32 Å². The van der Waals surface area contributed by atoms with Crippen molar-refractivity contribution < 1.29 is 4.79 Å². The predicted molar refractivity (Wildman–Crippen MR) is 68.6 cm³/mol. The molecule has 0 aromatic carbocycles. The predicted octanol–water partition coefficient (Wildman–Crippen LogP) is 3.19. The van der Waals surface area contributed by atoms with E-state index in [-0.39, 0.29) is 5.91 Å². The van der Waals surface area contributed by atoms with Crippen molar-refractivity contribution >= 4 is 17.5 Å². The SMILES string of the molecule is CC1CCC(NC(=O)C(C)(C)CCl)C(C)C1. The molecule has 0 bridgehead atoms. The van der Waals surface area contributed by atoms with E-state index in [1.807, 2.05) is 13.8 Å². The molecule has 3 heteroatoms. The van der Waals surface area contributed by atoms with Gasteiger partial charge in [0, 0.05) is 11.9 Å². The van der Waals surface area contributed by atoms with Gasteiger partial charge in [0.15, 0.2) is 0 Å². The molecule has 0 aromatic heterocycles. The van der Waals surface area contributed by atoms with Crippen LogP contribution in [0.2, 0.25) is 0 Å². The maximum Gasteiger partial charge on any atom is 0.227 e. The summed E-state index contributed by atoms with van der Waals surface area (Å²) in [6.07, 6.45) is 3.54. The van der Waals surface area contributed by atoms with Crippen molar-refractivity contribution in [3.63, 3.8) is 0 Å². The molecular weight excluding hydrogens is 222 g/mol. The van der Waals surface area contributed by atoms with Crippen LogP contribution in [0.15, 0.2) is 0 Å². The number of amides is 1. The summed E-state index contributed by atoms with van der Waals surface area (Å²) in [5.74, 6) is 1.84. The van der Waals surface area contributed by atoms with Gasteiger partial charge in [-0.25, -0.2) is 0 Å². The first-order valence-electron chi connectivity index (χ1n) is 6.23. The van der Waals surface area contributed by atoms with E-state index in [4.69, 9.17) is 11.6 Å². The van der Waals surface area contributed by atoms with E-state index in [0.29, 0.717) is 17.8 Å². The van der Waals surface area contributed by atoms with Crippen molar-refractivity contribution in [1.82, 2.24) is 5.32 Å². The fourth-order valence-corrected chi connectivity index (χ4v) is 2.43. The zero-order valence-corrected chi connectivity index (χ0v) is 11.6. The average molecular weight is 246 g/mol. The summed E-state index contributed by atoms with van der Waals surface area (Å²) < 4.78 is 0. The third-order valence-corrected chi connectivity index (χ3v) is 4.36. The van der Waals surface area contributed by atoms with Crippen molar-refractivity contribution in [2.24, 2.45) is 17.3 Å². The Hall–Kier alpha value is -0.240. The van der Waals surface area contributed by atoms with Crippen LogP contribution in [0.4, 0.5) is 0 Å². The molecule has 3 atom stereocenters. The third kappa shape index (κ3) is 3.38. The average Bonchev–Trinajstić information content (AvgIpc) is 2.22. The standard InChI is InChI=1S/C13H24ClNO/c1-9-5-6-11(10(2)7-9)15-12(16)13(3,4)8-14/h9-11H,5-8H2,1-4H3,(H,15,16). The number of halogens is 1. The second kappa shape index (κ2) is 5.39. The van der Waals surface area contributed by atoms with Crippen molar-refractivity contribution in [3.8, 4) is 0 Å². The lowest BCUT2D eigenvalue weighted by atomic mass is 9.79. The molecule has 3 unspecified atom stereocenters. The summed E-state index contributed by atoms with van der Waals surface area (Å²) in [4.78, 5) is 12.0. The number of rotatable bonds is 3. The summed E-state index contributed by atoms with van der Waals surface area (Å²) in [7, 11) is 0. The first-order valence-corrected chi connectivity index (χ1v) is 6.77. The Balaban J connectivity index is 2.51. The molecule has 0 aliphatic heterocycles.